The van der Waals surface area contributed by atoms with Gasteiger partial charge in [-0.25, -0.2) is 0 Å². The number of hydrogen-bond donors (Lipinski definition) is 2. The van der Waals surface area contributed by atoms with Gasteiger partial charge < -0.3 is 20.5 Å². The van der Waals surface area contributed by atoms with Crippen molar-refractivity contribution in [3.05, 3.63) is 23.8 Å². The summed E-state index contributed by atoms with van der Waals surface area (Å²) in [5, 5.41) is 10.0. The van der Waals surface area contributed by atoms with E-state index in [-0.39, 0.29) is 0 Å². The number of nitrogen functional groups attached to an aromatic ring is 1. The van der Waals surface area contributed by atoms with E-state index in [1.54, 1.807) is 6.07 Å². The number of benzene rings is 1. The minimum absolute atomic E-state index is 0.477. The molecule has 18 heavy (non-hydrogen) atoms. The largest absolute Gasteiger partial charge is 0.491 e. The van der Waals surface area contributed by atoms with Crippen molar-refractivity contribution >= 4 is 5.69 Å². The highest BCUT2D eigenvalue weighted by molar-refractivity contribution is 5.54. The van der Waals surface area contributed by atoms with Gasteiger partial charge in [0.1, 0.15) is 5.75 Å². The Morgan fingerprint density at radius 2 is 2.11 bits per heavy atom. The molecule has 0 bridgehead atoms. The van der Waals surface area contributed by atoms with Crippen molar-refractivity contribution in [1.29, 1.82) is 0 Å². The van der Waals surface area contributed by atoms with Crippen molar-refractivity contribution in [2.45, 2.75) is 25.9 Å². The predicted octanol–water partition coefficient (Wildman–Crippen LogP) is 2.04. The Bertz CT molecular complexity index is 367. The minimum Gasteiger partial charge on any atom is -0.491 e. The number of nitrogens with zero attached hydrogens (tertiary/aromatic N) is 1. The summed E-state index contributed by atoms with van der Waals surface area (Å²) in [6, 6.07) is 5.51. The molecule has 0 aliphatic rings. The zero-order valence-corrected chi connectivity index (χ0v) is 11.5. The smallest absolute Gasteiger partial charge is 0.142 e. The third kappa shape index (κ3) is 4.55. The zero-order chi connectivity index (χ0) is 13.5. The summed E-state index contributed by atoms with van der Waals surface area (Å²) in [5.41, 5.74) is 7.34. The third-order valence-electron chi connectivity index (χ3n) is 2.73. The van der Waals surface area contributed by atoms with Gasteiger partial charge in [-0.2, -0.15) is 0 Å². The number of hydrogen-bond acceptors (Lipinski definition) is 4. The van der Waals surface area contributed by atoms with Crippen LogP contribution in [-0.4, -0.2) is 37.3 Å². The first-order valence-corrected chi connectivity index (χ1v) is 6.39. The Morgan fingerprint density at radius 3 is 2.67 bits per heavy atom. The molecule has 3 N–H and O–H groups in total. The molecule has 0 spiro atoms. The van der Waals surface area contributed by atoms with Gasteiger partial charge >= 0.3 is 0 Å². The highest BCUT2D eigenvalue weighted by atomic mass is 16.5. The molecular formula is C14H24N2O2. The van der Waals surface area contributed by atoms with E-state index in [9.17, 15) is 5.11 Å². The van der Waals surface area contributed by atoms with Crippen LogP contribution in [0.4, 0.5) is 5.69 Å². The van der Waals surface area contributed by atoms with Crippen LogP contribution in [0, 0.1) is 0 Å². The molecule has 0 amide bonds. The number of aliphatic hydroxyl groups excluding tert-OH is 1. The third-order valence-corrected chi connectivity index (χ3v) is 2.73. The fraction of sp³-hybridized carbons (Fsp3) is 0.571. The van der Waals surface area contributed by atoms with Crippen LogP contribution in [0.15, 0.2) is 18.2 Å². The lowest BCUT2D eigenvalue weighted by molar-refractivity contribution is 0.154. The van der Waals surface area contributed by atoms with Gasteiger partial charge in [-0.3, -0.25) is 0 Å². The fourth-order valence-electron chi connectivity index (χ4n) is 1.66. The van der Waals surface area contributed by atoms with Crippen molar-refractivity contribution < 1.29 is 9.84 Å². The normalized spacial score (nSPS) is 12.7. The van der Waals surface area contributed by atoms with Crippen molar-refractivity contribution in [3.63, 3.8) is 0 Å². The lowest BCUT2D eigenvalue weighted by Gasteiger charge is -2.16. The van der Waals surface area contributed by atoms with Crippen LogP contribution in [0.5, 0.6) is 5.75 Å². The molecule has 0 fully saturated rings. The second-order valence-corrected chi connectivity index (χ2v) is 4.75. The molecule has 0 saturated carbocycles. The summed E-state index contributed by atoms with van der Waals surface area (Å²) in [4.78, 5) is 2.05. The Balaban J connectivity index is 2.65. The Kier molecular flexibility index (Phi) is 5.95. The van der Waals surface area contributed by atoms with Gasteiger partial charge in [0.15, 0.2) is 0 Å². The Labute approximate surface area is 109 Å². The predicted molar refractivity (Wildman–Crippen MR) is 74.8 cm³/mol. The molecule has 4 heteroatoms. The number of rotatable bonds is 7. The van der Waals surface area contributed by atoms with Crippen molar-refractivity contribution in [2.24, 2.45) is 0 Å². The lowest BCUT2D eigenvalue weighted by Crippen LogP contribution is -2.16. The van der Waals surface area contributed by atoms with E-state index in [0.29, 0.717) is 24.5 Å². The molecule has 0 aliphatic heterocycles. The lowest BCUT2D eigenvalue weighted by atomic mass is 10.1. The monoisotopic (exact) mass is 252 g/mol. The van der Waals surface area contributed by atoms with Crippen molar-refractivity contribution in [2.75, 3.05) is 33.0 Å². The first-order valence-electron chi connectivity index (χ1n) is 6.39. The summed E-state index contributed by atoms with van der Waals surface area (Å²) >= 11 is 0. The summed E-state index contributed by atoms with van der Waals surface area (Å²) in [6.07, 6.45) is 1.17. The molecule has 1 aromatic rings. The molecule has 0 heterocycles. The quantitative estimate of drug-likeness (QED) is 0.729. The van der Waals surface area contributed by atoms with Gasteiger partial charge in [0.2, 0.25) is 0 Å². The van der Waals surface area contributed by atoms with Crippen LogP contribution in [0.2, 0.25) is 0 Å². The van der Waals surface area contributed by atoms with E-state index in [1.807, 2.05) is 31.1 Å². The van der Waals surface area contributed by atoms with Crippen molar-refractivity contribution in [3.8, 4) is 5.75 Å². The summed E-state index contributed by atoms with van der Waals surface area (Å²) in [5.74, 6) is 0.695. The molecule has 1 aromatic carbocycles. The topological polar surface area (TPSA) is 58.7 Å². The molecule has 0 aromatic heterocycles. The maximum absolute atomic E-state index is 10.0. The number of aliphatic hydroxyl groups is 1. The highest BCUT2D eigenvalue weighted by Crippen LogP contribution is 2.27. The van der Waals surface area contributed by atoms with E-state index in [2.05, 4.69) is 6.92 Å². The Morgan fingerprint density at radius 1 is 1.39 bits per heavy atom. The van der Waals surface area contributed by atoms with E-state index >= 15 is 0 Å². The highest BCUT2D eigenvalue weighted by Gasteiger charge is 2.10. The minimum atomic E-state index is -0.477. The van der Waals surface area contributed by atoms with Gasteiger partial charge in [-0.15, -0.1) is 0 Å². The maximum atomic E-state index is 10.0. The molecule has 0 saturated heterocycles. The molecule has 4 nitrogen and oxygen atoms in total. The van der Waals surface area contributed by atoms with Gasteiger partial charge in [-0.1, -0.05) is 13.0 Å². The van der Waals surface area contributed by atoms with E-state index in [0.717, 1.165) is 18.5 Å². The number of nitrogens with two attached hydrogens (primary N) is 1. The molecular weight excluding hydrogens is 228 g/mol. The second-order valence-electron chi connectivity index (χ2n) is 4.75. The van der Waals surface area contributed by atoms with Gasteiger partial charge in [-0.05, 0) is 44.6 Å². The van der Waals surface area contributed by atoms with Crippen LogP contribution < -0.4 is 10.5 Å². The number of ether oxygens (including phenoxy) is 1. The van der Waals surface area contributed by atoms with E-state index < -0.39 is 6.10 Å². The summed E-state index contributed by atoms with van der Waals surface area (Å²) in [6.45, 7) is 3.55. The van der Waals surface area contributed by atoms with Gasteiger partial charge in [0.05, 0.1) is 18.4 Å². The molecule has 102 valence electrons. The summed E-state index contributed by atoms with van der Waals surface area (Å²) in [7, 11) is 3.98. The standard InChI is InChI=1S/C14H24N2O2/c1-4-9-18-14-6-5-11(10-12(14)15)13(17)7-8-16(2)3/h5-6,10,13,17H,4,7-9,15H2,1-3H3. The molecule has 0 aliphatic carbocycles. The number of anilines is 1. The van der Waals surface area contributed by atoms with Crippen LogP contribution in [0.3, 0.4) is 0 Å². The van der Waals surface area contributed by atoms with Gasteiger partial charge in [0, 0.05) is 6.54 Å². The average Bonchev–Trinajstić information content (AvgIpc) is 2.34. The first-order chi connectivity index (χ1) is 8.54. The molecule has 0 radical (unpaired) electrons. The average molecular weight is 252 g/mol. The van der Waals surface area contributed by atoms with E-state index in [1.165, 1.54) is 0 Å². The van der Waals surface area contributed by atoms with Crippen molar-refractivity contribution in [1.82, 2.24) is 4.90 Å². The van der Waals surface area contributed by atoms with Gasteiger partial charge in [0.25, 0.3) is 0 Å². The zero-order valence-electron chi connectivity index (χ0n) is 11.5. The fourth-order valence-corrected chi connectivity index (χ4v) is 1.66. The van der Waals surface area contributed by atoms with Crippen LogP contribution in [0.1, 0.15) is 31.4 Å². The molecule has 1 atom stereocenters. The second kappa shape index (κ2) is 7.24. The summed E-state index contributed by atoms with van der Waals surface area (Å²) < 4.78 is 5.50. The molecule has 1 unspecified atom stereocenters. The maximum Gasteiger partial charge on any atom is 0.142 e. The van der Waals surface area contributed by atoms with Crippen LogP contribution in [-0.2, 0) is 0 Å². The molecule has 1 rings (SSSR count). The van der Waals surface area contributed by atoms with E-state index in [4.69, 9.17) is 10.5 Å². The first kappa shape index (κ1) is 14.8. The van der Waals surface area contributed by atoms with Crippen LogP contribution in [0.25, 0.3) is 0 Å². The van der Waals surface area contributed by atoms with Crippen LogP contribution >= 0.6 is 0 Å². The Hall–Kier alpha value is -1.26. The SMILES string of the molecule is CCCOc1ccc(C(O)CCN(C)C)cc1N.